The lowest BCUT2D eigenvalue weighted by molar-refractivity contribution is 0.426. The molecule has 0 fully saturated rings. The Bertz CT molecular complexity index is 4000. The molecular formula is C60H52BN3O2. The molecule has 66 heavy (non-hydrogen) atoms. The first-order valence-corrected chi connectivity index (χ1v) is 22.9. The van der Waals surface area contributed by atoms with E-state index in [1.165, 1.54) is 99.6 Å². The van der Waals surface area contributed by atoms with Gasteiger partial charge in [0.1, 0.15) is 0 Å². The van der Waals surface area contributed by atoms with E-state index >= 15 is 0 Å². The van der Waals surface area contributed by atoms with Gasteiger partial charge in [0.05, 0.1) is 44.5 Å². The lowest BCUT2D eigenvalue weighted by atomic mass is 9.75. The van der Waals surface area contributed by atoms with Crippen molar-refractivity contribution >= 4 is 78.0 Å². The van der Waals surface area contributed by atoms with Crippen LogP contribution in [0.4, 0.5) is 0 Å². The minimum Gasteiger partial charge on any atom is -0.423 e. The third-order valence-electron chi connectivity index (χ3n) is 14.9. The second kappa shape index (κ2) is 13.9. The molecule has 0 bridgehead atoms. The maximum absolute atomic E-state index is 9.58. The molecule has 9 aromatic carbocycles. The molecule has 2 aliphatic rings. The lowest BCUT2D eigenvalue weighted by Crippen LogP contribution is -2.29. The molecule has 5 nitrogen and oxygen atoms in total. The van der Waals surface area contributed by atoms with Gasteiger partial charge in [0.15, 0.2) is 0 Å². The van der Waals surface area contributed by atoms with Crippen molar-refractivity contribution in [3.05, 3.63) is 216 Å². The maximum Gasteiger partial charge on any atom is 0.488 e. The van der Waals surface area contributed by atoms with Gasteiger partial charge in [0, 0.05) is 53.1 Å². The van der Waals surface area contributed by atoms with Crippen LogP contribution in [-0.2, 0) is 10.8 Å². The fraction of sp³-hybridized carbons (Fsp3) is 0.100. The number of hydrogen-bond acceptors (Lipinski definition) is 2. The van der Waals surface area contributed by atoms with Crippen molar-refractivity contribution in [1.29, 1.82) is 0 Å². The molecule has 0 radical (unpaired) electrons. The highest BCUT2D eigenvalue weighted by Crippen LogP contribution is 2.49. The Morgan fingerprint density at radius 3 is 1.36 bits per heavy atom. The first-order chi connectivity index (χ1) is 32.1. The Morgan fingerprint density at radius 1 is 0.364 bits per heavy atom. The Morgan fingerprint density at radius 2 is 0.788 bits per heavy atom. The van der Waals surface area contributed by atoms with E-state index in [1.807, 2.05) is 12.1 Å². The monoisotopic (exact) mass is 857 g/mol. The summed E-state index contributed by atoms with van der Waals surface area (Å²) in [4.78, 5) is 0. The molecule has 6 heteroatoms. The summed E-state index contributed by atoms with van der Waals surface area (Å²) in [5.41, 5.74) is 19.3. The van der Waals surface area contributed by atoms with Crippen LogP contribution in [0.2, 0.25) is 0 Å². The average Bonchev–Trinajstić information content (AvgIpc) is 3.99. The third-order valence-corrected chi connectivity index (χ3v) is 14.9. The molecule has 5 heterocycles. The van der Waals surface area contributed by atoms with Gasteiger partial charge in [-0.05, 0) is 99.5 Å². The molecule has 0 saturated heterocycles. The Hall–Kier alpha value is -7.64. The molecule has 0 spiro atoms. The van der Waals surface area contributed by atoms with Crippen LogP contribution < -0.4 is 5.46 Å². The van der Waals surface area contributed by atoms with E-state index in [0.717, 1.165) is 16.3 Å². The number of aromatic nitrogens is 3. The van der Waals surface area contributed by atoms with E-state index in [-0.39, 0.29) is 15.1 Å². The Labute approximate surface area is 387 Å². The zero-order valence-corrected chi connectivity index (χ0v) is 37.3. The summed E-state index contributed by atoms with van der Waals surface area (Å²) in [6, 6.07) is 69.7. The maximum atomic E-state index is 9.58. The molecule has 0 amide bonds. The van der Waals surface area contributed by atoms with Crippen molar-refractivity contribution in [3.8, 4) is 28.2 Å². The summed E-state index contributed by atoms with van der Waals surface area (Å²) in [7, 11) is -1.46. The van der Waals surface area contributed by atoms with Gasteiger partial charge in [-0.3, -0.25) is 0 Å². The highest BCUT2D eigenvalue weighted by molar-refractivity contribution is 6.59. The number of nitrogens with zero attached hydrogens (tertiary/aromatic N) is 3. The quantitative estimate of drug-likeness (QED) is 0.174. The minimum atomic E-state index is -1.46. The van der Waals surface area contributed by atoms with Gasteiger partial charge >= 0.3 is 7.12 Å². The van der Waals surface area contributed by atoms with Crippen LogP contribution in [0, 0.1) is 0 Å². The standard InChI is InChI=1S/C39H28N2.C21H18BNO2.3H2/c1-39(2)32-15-7-9-18-37(32)41-36-22-20-26(24-31(36)29-14-10-16-33(39)38(29)41)25-19-21-35-30(23-25)28-13-6-8-17-34(28)40(35)27-11-4-3-5-12-27;1-21(2)16-7-3-4-9-19(16)23-18-11-10-13(22(24)25)12-15(18)14-6-5-8-17(21)20(14)23;;;/h3-24H,1-2H3;3-12,24-25H,1-2H3;3*1H. The third kappa shape index (κ3) is 5.31. The second-order valence-corrected chi connectivity index (χ2v) is 19.2. The molecule has 0 saturated carbocycles. The molecular weight excluding hydrogens is 805 g/mol. The van der Waals surface area contributed by atoms with Gasteiger partial charge < -0.3 is 23.7 Å². The van der Waals surface area contributed by atoms with Crippen LogP contribution in [0.25, 0.3) is 93.6 Å². The van der Waals surface area contributed by atoms with Crippen LogP contribution in [0.5, 0.6) is 0 Å². The van der Waals surface area contributed by atoms with E-state index in [4.69, 9.17) is 0 Å². The highest BCUT2D eigenvalue weighted by atomic mass is 16.4. The van der Waals surface area contributed by atoms with Crippen LogP contribution in [-0.4, -0.2) is 30.9 Å². The lowest BCUT2D eigenvalue weighted by Gasteiger charge is -2.34. The molecule has 12 aromatic rings. The van der Waals surface area contributed by atoms with Crippen LogP contribution in [0.15, 0.2) is 194 Å². The van der Waals surface area contributed by atoms with Crippen molar-refractivity contribution in [2.45, 2.75) is 38.5 Å². The summed E-state index contributed by atoms with van der Waals surface area (Å²) in [6.07, 6.45) is 0. The van der Waals surface area contributed by atoms with Crippen molar-refractivity contribution in [2.24, 2.45) is 0 Å². The summed E-state index contributed by atoms with van der Waals surface area (Å²) < 4.78 is 7.18. The molecule has 322 valence electrons. The van der Waals surface area contributed by atoms with Gasteiger partial charge in [0.2, 0.25) is 0 Å². The van der Waals surface area contributed by atoms with E-state index < -0.39 is 7.12 Å². The van der Waals surface area contributed by atoms with Crippen LogP contribution in [0.3, 0.4) is 0 Å². The predicted octanol–water partition coefficient (Wildman–Crippen LogP) is 14.0. The van der Waals surface area contributed by atoms with E-state index in [2.05, 4.69) is 217 Å². The van der Waals surface area contributed by atoms with Gasteiger partial charge in [-0.2, -0.15) is 0 Å². The summed E-state index contributed by atoms with van der Waals surface area (Å²) >= 11 is 0. The fourth-order valence-corrected chi connectivity index (χ4v) is 11.7. The van der Waals surface area contributed by atoms with Crippen LogP contribution >= 0.6 is 0 Å². The fourth-order valence-electron chi connectivity index (χ4n) is 11.7. The molecule has 3 aromatic heterocycles. The smallest absolute Gasteiger partial charge is 0.423 e. The van der Waals surface area contributed by atoms with E-state index in [1.54, 1.807) is 6.07 Å². The molecule has 14 rings (SSSR count). The number of para-hydroxylation sites is 6. The zero-order chi connectivity index (χ0) is 44.6. The SMILES string of the molecule is CC1(C)c2ccccc2-n2c3ccc(-c4ccc5c(c4)c4ccccc4n5-c4ccccc4)cc3c3cccc1c32.CC1(C)c2ccccc2-n2c3ccc(B(O)O)cc3c3cccc1c32.[HH].[HH].[HH]. The highest BCUT2D eigenvalue weighted by Gasteiger charge is 2.36. The molecule has 2 N–H and O–H groups in total. The summed E-state index contributed by atoms with van der Waals surface area (Å²) in [5.74, 6) is 0. The Kier molecular flexibility index (Phi) is 8.19. The number of fused-ring (bicyclic) bond motifs is 13. The van der Waals surface area contributed by atoms with Crippen molar-refractivity contribution in [2.75, 3.05) is 0 Å². The van der Waals surface area contributed by atoms with E-state index in [9.17, 15) is 10.0 Å². The number of rotatable bonds is 3. The van der Waals surface area contributed by atoms with Crippen molar-refractivity contribution < 1.29 is 14.3 Å². The van der Waals surface area contributed by atoms with Crippen molar-refractivity contribution in [1.82, 2.24) is 13.7 Å². The topological polar surface area (TPSA) is 55.2 Å². The minimum absolute atomic E-state index is 0. The van der Waals surface area contributed by atoms with Gasteiger partial charge in [-0.25, -0.2) is 0 Å². The first-order valence-electron chi connectivity index (χ1n) is 22.9. The van der Waals surface area contributed by atoms with E-state index in [0.29, 0.717) is 5.46 Å². The van der Waals surface area contributed by atoms with Gasteiger partial charge in [-0.15, -0.1) is 0 Å². The molecule has 0 atom stereocenters. The summed E-state index contributed by atoms with van der Waals surface area (Å²) in [6.45, 7) is 9.25. The molecule has 2 aliphatic heterocycles. The predicted molar refractivity (Wildman–Crippen MR) is 282 cm³/mol. The summed E-state index contributed by atoms with van der Waals surface area (Å²) in [5, 5.41) is 26.5. The Balaban J connectivity index is 0.000000171. The average molecular weight is 858 g/mol. The molecule has 0 unspecified atom stereocenters. The first kappa shape index (κ1) is 38.8. The normalized spacial score (nSPS) is 14.2. The zero-order valence-electron chi connectivity index (χ0n) is 37.3. The number of benzene rings is 9. The van der Waals surface area contributed by atoms with Gasteiger partial charge in [-0.1, -0.05) is 161 Å². The second-order valence-electron chi connectivity index (χ2n) is 19.2. The number of hydrogen-bond donors (Lipinski definition) is 2. The van der Waals surface area contributed by atoms with Crippen molar-refractivity contribution in [3.63, 3.8) is 0 Å². The molecule has 0 aliphatic carbocycles. The van der Waals surface area contributed by atoms with Gasteiger partial charge in [0.25, 0.3) is 0 Å². The van der Waals surface area contributed by atoms with Crippen LogP contribution in [0.1, 0.15) is 54.2 Å². The largest absolute Gasteiger partial charge is 0.488 e.